The molecule has 1 aliphatic heterocycles. The van der Waals surface area contributed by atoms with Crippen molar-refractivity contribution in [2.45, 2.75) is 38.7 Å². The summed E-state index contributed by atoms with van der Waals surface area (Å²) < 4.78 is 0. The third-order valence-electron chi connectivity index (χ3n) is 4.75. The third kappa shape index (κ3) is 2.03. The van der Waals surface area contributed by atoms with Gasteiger partial charge < -0.3 is 10.0 Å². The highest BCUT2D eigenvalue weighted by molar-refractivity contribution is 5.55. The van der Waals surface area contributed by atoms with Crippen molar-refractivity contribution in [3.05, 3.63) is 29.8 Å². The lowest BCUT2D eigenvalue weighted by atomic mass is 10.0. The van der Waals surface area contributed by atoms with Gasteiger partial charge in [0, 0.05) is 24.3 Å². The van der Waals surface area contributed by atoms with Crippen LogP contribution < -0.4 is 4.90 Å². The lowest BCUT2D eigenvalue weighted by Gasteiger charge is -2.24. The summed E-state index contributed by atoms with van der Waals surface area (Å²) in [5.74, 6) is 1.80. The van der Waals surface area contributed by atoms with E-state index in [9.17, 15) is 5.11 Å². The molecule has 3 rings (SSSR count). The van der Waals surface area contributed by atoms with E-state index in [0.29, 0.717) is 0 Å². The number of benzene rings is 1. The molecule has 1 N–H and O–H groups in total. The van der Waals surface area contributed by atoms with E-state index in [1.165, 1.54) is 38.0 Å². The normalized spacial score (nSPS) is 28.4. The number of rotatable bonds is 3. The molecule has 0 spiro atoms. The number of hydrogen-bond donors (Lipinski definition) is 1. The van der Waals surface area contributed by atoms with Crippen LogP contribution in [0.2, 0.25) is 0 Å². The maximum absolute atomic E-state index is 10.1. The molecule has 1 aromatic carbocycles. The fourth-order valence-corrected chi connectivity index (χ4v) is 3.71. The Labute approximate surface area is 110 Å². The molecule has 1 aliphatic carbocycles. The van der Waals surface area contributed by atoms with Gasteiger partial charge >= 0.3 is 0 Å². The maximum atomic E-state index is 10.1. The number of hydrogen-bond acceptors (Lipinski definition) is 2. The minimum absolute atomic E-state index is 0.318. The number of para-hydroxylation sites is 1. The zero-order valence-corrected chi connectivity index (χ0v) is 11.2. The Kier molecular flexibility index (Phi) is 3.29. The van der Waals surface area contributed by atoms with Crippen LogP contribution >= 0.6 is 0 Å². The largest absolute Gasteiger partial charge is 0.388 e. The Morgan fingerprint density at radius 3 is 2.56 bits per heavy atom. The molecule has 0 aromatic heterocycles. The first kappa shape index (κ1) is 12.0. The molecule has 3 atom stereocenters. The second-order valence-corrected chi connectivity index (χ2v) is 5.84. The maximum Gasteiger partial charge on any atom is 0.0807 e. The molecule has 98 valence electrons. The van der Waals surface area contributed by atoms with Gasteiger partial charge in [-0.25, -0.2) is 0 Å². The van der Waals surface area contributed by atoms with E-state index in [0.717, 1.165) is 23.8 Å². The molecule has 2 heteroatoms. The molecule has 0 bridgehead atoms. The Hall–Kier alpha value is -1.02. The topological polar surface area (TPSA) is 23.5 Å². The minimum atomic E-state index is -0.318. The Morgan fingerprint density at radius 2 is 1.89 bits per heavy atom. The Bertz CT molecular complexity index is 405. The third-order valence-corrected chi connectivity index (χ3v) is 4.75. The number of fused-ring (bicyclic) bond motifs is 1. The van der Waals surface area contributed by atoms with E-state index < -0.39 is 0 Å². The van der Waals surface area contributed by atoms with E-state index in [1.54, 1.807) is 0 Å². The van der Waals surface area contributed by atoms with Crippen molar-refractivity contribution >= 4 is 5.69 Å². The van der Waals surface area contributed by atoms with Crippen LogP contribution in [0.25, 0.3) is 0 Å². The fourth-order valence-electron chi connectivity index (χ4n) is 3.71. The average molecular weight is 245 g/mol. The smallest absolute Gasteiger partial charge is 0.0807 e. The summed E-state index contributed by atoms with van der Waals surface area (Å²) in [6.07, 6.45) is 4.70. The van der Waals surface area contributed by atoms with Gasteiger partial charge in [-0.05, 0) is 37.2 Å². The summed E-state index contributed by atoms with van der Waals surface area (Å²) in [6.45, 7) is 4.43. The number of anilines is 1. The van der Waals surface area contributed by atoms with Crippen LogP contribution in [0.3, 0.4) is 0 Å². The standard InChI is InChI=1S/C16H23NO/c1-2-16(18)14-8-3-4-9-15(14)17-10-12-6-5-7-13(12)11-17/h3-4,8-9,12-13,16,18H,2,5-7,10-11H2,1H3/t12?,13?,16-/m1/s1. The number of aliphatic hydroxyl groups excluding tert-OH is 1. The van der Waals surface area contributed by atoms with Gasteiger partial charge in [0.2, 0.25) is 0 Å². The van der Waals surface area contributed by atoms with Crippen LogP contribution in [0.1, 0.15) is 44.3 Å². The molecular formula is C16H23NO. The molecule has 0 amide bonds. The van der Waals surface area contributed by atoms with Crippen molar-refractivity contribution in [3.8, 4) is 0 Å². The van der Waals surface area contributed by atoms with E-state index in [2.05, 4.69) is 23.1 Å². The van der Waals surface area contributed by atoms with Crippen molar-refractivity contribution in [1.29, 1.82) is 0 Å². The highest BCUT2D eigenvalue weighted by Crippen LogP contribution is 2.41. The summed E-state index contributed by atoms with van der Waals surface area (Å²) in [4.78, 5) is 2.50. The monoisotopic (exact) mass is 245 g/mol. The Balaban J connectivity index is 1.84. The zero-order valence-electron chi connectivity index (χ0n) is 11.2. The molecule has 0 radical (unpaired) electrons. The van der Waals surface area contributed by atoms with E-state index in [-0.39, 0.29) is 6.10 Å². The van der Waals surface area contributed by atoms with Crippen LogP contribution in [0.15, 0.2) is 24.3 Å². The van der Waals surface area contributed by atoms with Crippen molar-refractivity contribution in [1.82, 2.24) is 0 Å². The number of nitrogens with zero attached hydrogens (tertiary/aromatic N) is 1. The van der Waals surface area contributed by atoms with E-state index >= 15 is 0 Å². The van der Waals surface area contributed by atoms with Crippen LogP contribution in [-0.2, 0) is 0 Å². The molecule has 1 saturated carbocycles. The zero-order chi connectivity index (χ0) is 12.5. The lowest BCUT2D eigenvalue weighted by molar-refractivity contribution is 0.174. The molecule has 18 heavy (non-hydrogen) atoms. The van der Waals surface area contributed by atoms with Crippen LogP contribution in [0, 0.1) is 11.8 Å². The molecule has 1 heterocycles. The molecule has 2 fully saturated rings. The molecule has 1 aromatic rings. The van der Waals surface area contributed by atoms with Gasteiger partial charge in [0.1, 0.15) is 0 Å². The number of aliphatic hydroxyl groups is 1. The Morgan fingerprint density at radius 1 is 1.22 bits per heavy atom. The minimum Gasteiger partial charge on any atom is -0.388 e. The van der Waals surface area contributed by atoms with Crippen molar-refractivity contribution in [3.63, 3.8) is 0 Å². The van der Waals surface area contributed by atoms with Crippen molar-refractivity contribution in [2.24, 2.45) is 11.8 Å². The summed E-state index contributed by atoms with van der Waals surface area (Å²) in [5, 5.41) is 10.1. The second kappa shape index (κ2) is 4.93. The van der Waals surface area contributed by atoms with Crippen LogP contribution in [0.5, 0.6) is 0 Å². The van der Waals surface area contributed by atoms with E-state index in [4.69, 9.17) is 0 Å². The summed E-state index contributed by atoms with van der Waals surface area (Å²) in [5.41, 5.74) is 2.38. The molecule has 2 aliphatic rings. The van der Waals surface area contributed by atoms with Gasteiger partial charge in [-0.2, -0.15) is 0 Å². The first-order valence-corrected chi connectivity index (χ1v) is 7.31. The fraction of sp³-hybridized carbons (Fsp3) is 0.625. The predicted molar refractivity (Wildman–Crippen MR) is 74.7 cm³/mol. The predicted octanol–water partition coefficient (Wildman–Crippen LogP) is 3.37. The second-order valence-electron chi connectivity index (χ2n) is 5.84. The van der Waals surface area contributed by atoms with Crippen molar-refractivity contribution in [2.75, 3.05) is 18.0 Å². The van der Waals surface area contributed by atoms with Gasteiger partial charge in [-0.15, -0.1) is 0 Å². The molecule has 1 saturated heterocycles. The van der Waals surface area contributed by atoms with Crippen LogP contribution in [0.4, 0.5) is 5.69 Å². The van der Waals surface area contributed by atoms with Gasteiger partial charge in [0.15, 0.2) is 0 Å². The molecular weight excluding hydrogens is 222 g/mol. The summed E-state index contributed by atoms with van der Waals surface area (Å²) in [6, 6.07) is 8.39. The van der Waals surface area contributed by atoms with Crippen LogP contribution in [-0.4, -0.2) is 18.2 Å². The SMILES string of the molecule is CC[C@@H](O)c1ccccc1N1CC2CCCC2C1. The van der Waals surface area contributed by atoms with Gasteiger partial charge in [-0.1, -0.05) is 31.5 Å². The lowest BCUT2D eigenvalue weighted by Crippen LogP contribution is -2.22. The highest BCUT2D eigenvalue weighted by Gasteiger charge is 2.36. The first-order chi connectivity index (χ1) is 8.79. The highest BCUT2D eigenvalue weighted by atomic mass is 16.3. The van der Waals surface area contributed by atoms with Gasteiger partial charge in [0.05, 0.1) is 6.10 Å². The van der Waals surface area contributed by atoms with E-state index in [1.807, 2.05) is 13.0 Å². The van der Waals surface area contributed by atoms with Gasteiger partial charge in [0.25, 0.3) is 0 Å². The average Bonchev–Trinajstić information content (AvgIpc) is 2.98. The molecule has 2 nitrogen and oxygen atoms in total. The molecule has 2 unspecified atom stereocenters. The van der Waals surface area contributed by atoms with Crippen molar-refractivity contribution < 1.29 is 5.11 Å². The summed E-state index contributed by atoms with van der Waals surface area (Å²) >= 11 is 0. The first-order valence-electron chi connectivity index (χ1n) is 7.31. The van der Waals surface area contributed by atoms with Gasteiger partial charge in [-0.3, -0.25) is 0 Å². The quantitative estimate of drug-likeness (QED) is 0.882. The summed E-state index contributed by atoms with van der Waals surface area (Å²) in [7, 11) is 0.